The Hall–Kier alpha value is -1.71. The van der Waals surface area contributed by atoms with Gasteiger partial charge >= 0.3 is 0 Å². The molecule has 0 unspecified atom stereocenters. The highest BCUT2D eigenvalue weighted by Gasteiger charge is 2.07. The Kier molecular flexibility index (Phi) is 2.19. The van der Waals surface area contributed by atoms with Gasteiger partial charge in [0.25, 0.3) is 0 Å². The Labute approximate surface area is 71.0 Å². The number of nitrogens with one attached hydrogen (secondary N) is 1. The summed E-state index contributed by atoms with van der Waals surface area (Å²) in [7, 11) is 0. The largest absolute Gasteiger partial charge is 0.399 e. The van der Waals surface area contributed by atoms with Crippen LogP contribution in [-0.2, 0) is 0 Å². The van der Waals surface area contributed by atoms with Crippen molar-refractivity contribution < 1.29 is 0 Å². The number of aromatic nitrogens is 1. The van der Waals surface area contributed by atoms with Crippen molar-refractivity contribution in [3.63, 3.8) is 0 Å². The summed E-state index contributed by atoms with van der Waals surface area (Å²) < 4.78 is 0. The molecule has 1 rings (SSSR count). The number of hydrogen-bond donors (Lipinski definition) is 3. The van der Waals surface area contributed by atoms with Crippen molar-refractivity contribution in [2.45, 2.75) is 6.92 Å². The molecule has 1 aromatic rings. The standard InChI is InChI=1S/C8H12N4/c1-5-3-11-8(12-4-9)7(5)6(2)10/h3-4,11H,2,10H2,1H3,(H2,9,12). The van der Waals surface area contributed by atoms with E-state index in [1.54, 1.807) is 0 Å². The van der Waals surface area contributed by atoms with E-state index in [0.717, 1.165) is 11.1 Å². The number of nitrogens with zero attached hydrogens (tertiary/aromatic N) is 1. The molecule has 5 N–H and O–H groups in total. The van der Waals surface area contributed by atoms with Crippen molar-refractivity contribution >= 4 is 17.9 Å². The van der Waals surface area contributed by atoms with Gasteiger partial charge in [-0.15, -0.1) is 0 Å². The van der Waals surface area contributed by atoms with E-state index in [1.165, 1.54) is 6.34 Å². The third kappa shape index (κ3) is 1.32. The van der Waals surface area contributed by atoms with Gasteiger partial charge in [-0.25, -0.2) is 4.99 Å². The first-order chi connectivity index (χ1) is 5.66. The lowest BCUT2D eigenvalue weighted by Crippen LogP contribution is -1.95. The molecule has 0 aromatic carbocycles. The molecular weight excluding hydrogens is 152 g/mol. The van der Waals surface area contributed by atoms with Crippen LogP contribution in [0.2, 0.25) is 0 Å². The van der Waals surface area contributed by atoms with Crippen LogP contribution in [0, 0.1) is 6.92 Å². The highest BCUT2D eigenvalue weighted by molar-refractivity contribution is 5.74. The van der Waals surface area contributed by atoms with Gasteiger partial charge in [0.15, 0.2) is 0 Å². The maximum atomic E-state index is 5.56. The number of H-pyrrole nitrogens is 1. The van der Waals surface area contributed by atoms with Crippen LogP contribution in [0.5, 0.6) is 0 Å². The summed E-state index contributed by atoms with van der Waals surface area (Å²) in [4.78, 5) is 6.84. The van der Waals surface area contributed by atoms with Gasteiger partial charge in [-0.2, -0.15) is 0 Å². The van der Waals surface area contributed by atoms with Crippen molar-refractivity contribution in [3.05, 3.63) is 23.9 Å². The molecule has 1 heterocycles. The minimum absolute atomic E-state index is 0.495. The summed E-state index contributed by atoms with van der Waals surface area (Å²) in [5.74, 6) is 0.655. The molecule has 1 aromatic heterocycles. The van der Waals surface area contributed by atoms with E-state index in [-0.39, 0.29) is 0 Å². The van der Waals surface area contributed by atoms with Gasteiger partial charge in [-0.05, 0) is 12.5 Å². The van der Waals surface area contributed by atoms with Crippen LogP contribution >= 0.6 is 0 Å². The second-order valence-electron chi connectivity index (χ2n) is 2.50. The first-order valence-corrected chi connectivity index (χ1v) is 3.53. The minimum Gasteiger partial charge on any atom is -0.399 e. The quantitative estimate of drug-likeness (QED) is 0.448. The molecule has 0 aliphatic carbocycles. The summed E-state index contributed by atoms with van der Waals surface area (Å²) in [5.41, 5.74) is 13.1. The summed E-state index contributed by atoms with van der Waals surface area (Å²) in [5, 5.41) is 0. The van der Waals surface area contributed by atoms with Crippen LogP contribution in [-0.4, -0.2) is 11.3 Å². The average Bonchev–Trinajstić information content (AvgIpc) is 2.32. The zero-order valence-corrected chi connectivity index (χ0v) is 6.96. The Balaban J connectivity index is 3.21. The second-order valence-corrected chi connectivity index (χ2v) is 2.50. The number of aryl methyl sites for hydroxylation is 1. The van der Waals surface area contributed by atoms with Crippen LogP contribution in [0.4, 0.5) is 5.82 Å². The molecule has 4 nitrogen and oxygen atoms in total. The fourth-order valence-corrected chi connectivity index (χ4v) is 1.09. The van der Waals surface area contributed by atoms with Gasteiger partial charge in [-0.3, -0.25) is 0 Å². The number of hydrogen-bond acceptors (Lipinski definition) is 2. The van der Waals surface area contributed by atoms with E-state index >= 15 is 0 Å². The van der Waals surface area contributed by atoms with Gasteiger partial charge in [-0.1, -0.05) is 6.58 Å². The molecule has 0 bridgehead atoms. The fraction of sp³-hybridized carbons (Fsp3) is 0.125. The molecule has 0 atom stereocenters. The molecule has 0 saturated carbocycles. The molecule has 0 saturated heterocycles. The smallest absolute Gasteiger partial charge is 0.141 e. The zero-order valence-electron chi connectivity index (χ0n) is 6.96. The first kappa shape index (κ1) is 8.39. The van der Waals surface area contributed by atoms with Gasteiger partial charge in [0.2, 0.25) is 0 Å². The van der Waals surface area contributed by atoms with Crippen molar-refractivity contribution in [1.29, 1.82) is 0 Å². The van der Waals surface area contributed by atoms with Crippen LogP contribution < -0.4 is 11.5 Å². The first-order valence-electron chi connectivity index (χ1n) is 3.53. The normalized spacial score (nSPS) is 10.8. The topological polar surface area (TPSA) is 80.2 Å². The molecule has 0 radical (unpaired) electrons. The summed E-state index contributed by atoms with van der Waals surface area (Å²) in [6.07, 6.45) is 3.04. The third-order valence-electron chi connectivity index (χ3n) is 1.58. The van der Waals surface area contributed by atoms with Crippen molar-refractivity contribution in [2.24, 2.45) is 16.5 Å². The maximum absolute atomic E-state index is 5.56. The van der Waals surface area contributed by atoms with E-state index in [1.807, 2.05) is 13.1 Å². The third-order valence-corrected chi connectivity index (χ3v) is 1.58. The number of rotatable bonds is 2. The van der Waals surface area contributed by atoms with Gasteiger partial charge in [0.05, 0.1) is 6.34 Å². The number of aliphatic imine (C=N–C) groups is 1. The van der Waals surface area contributed by atoms with Crippen molar-refractivity contribution in [3.8, 4) is 0 Å². The lowest BCUT2D eigenvalue weighted by atomic mass is 10.1. The molecule has 0 aliphatic rings. The predicted octanol–water partition coefficient (Wildman–Crippen LogP) is 0.871. The number of aromatic amines is 1. The van der Waals surface area contributed by atoms with E-state index in [9.17, 15) is 0 Å². The maximum Gasteiger partial charge on any atom is 0.141 e. The minimum atomic E-state index is 0.495. The van der Waals surface area contributed by atoms with Crippen molar-refractivity contribution in [1.82, 2.24) is 4.98 Å². The molecular formula is C8H12N4. The summed E-state index contributed by atoms with van der Waals surface area (Å²) in [6, 6.07) is 0. The zero-order chi connectivity index (χ0) is 9.14. The molecule has 12 heavy (non-hydrogen) atoms. The van der Waals surface area contributed by atoms with Crippen molar-refractivity contribution in [2.75, 3.05) is 0 Å². The van der Waals surface area contributed by atoms with Crippen LogP contribution in [0.3, 0.4) is 0 Å². The van der Waals surface area contributed by atoms with Gasteiger partial charge < -0.3 is 16.5 Å². The molecule has 64 valence electrons. The highest BCUT2D eigenvalue weighted by atomic mass is 14.9. The van der Waals surface area contributed by atoms with E-state index in [4.69, 9.17) is 11.5 Å². The molecule has 0 amide bonds. The number of nitrogens with two attached hydrogens (primary N) is 2. The molecule has 0 aliphatic heterocycles. The molecule has 0 spiro atoms. The molecule has 0 fully saturated rings. The Morgan fingerprint density at radius 1 is 1.75 bits per heavy atom. The average molecular weight is 164 g/mol. The van der Waals surface area contributed by atoms with Crippen LogP contribution in [0.25, 0.3) is 5.70 Å². The summed E-state index contributed by atoms with van der Waals surface area (Å²) >= 11 is 0. The monoisotopic (exact) mass is 164 g/mol. The lowest BCUT2D eigenvalue weighted by molar-refractivity contribution is 1.33. The second kappa shape index (κ2) is 3.13. The Morgan fingerprint density at radius 3 is 2.92 bits per heavy atom. The van der Waals surface area contributed by atoms with Gasteiger partial charge in [0, 0.05) is 17.5 Å². The lowest BCUT2D eigenvalue weighted by Gasteiger charge is -1.98. The van der Waals surface area contributed by atoms with E-state index in [0.29, 0.717) is 11.5 Å². The Bertz CT molecular complexity index is 322. The van der Waals surface area contributed by atoms with Gasteiger partial charge in [0.1, 0.15) is 5.82 Å². The molecule has 4 heteroatoms. The van der Waals surface area contributed by atoms with E-state index in [2.05, 4.69) is 16.6 Å². The van der Waals surface area contributed by atoms with E-state index < -0.39 is 0 Å². The fourth-order valence-electron chi connectivity index (χ4n) is 1.09. The van der Waals surface area contributed by atoms with Crippen LogP contribution in [0.1, 0.15) is 11.1 Å². The SMILES string of the molecule is C=C(N)c1c(C)c[nH]c1N=CN. The highest BCUT2D eigenvalue weighted by Crippen LogP contribution is 2.24. The Morgan fingerprint density at radius 2 is 2.42 bits per heavy atom. The van der Waals surface area contributed by atoms with Crippen LogP contribution in [0.15, 0.2) is 17.8 Å². The summed E-state index contributed by atoms with van der Waals surface area (Å²) in [6.45, 7) is 5.57. The predicted molar refractivity (Wildman–Crippen MR) is 51.1 cm³/mol.